The molecule has 2 aromatic rings. The maximum atomic E-state index is 11.9. The smallest absolute Gasteiger partial charge is 0.322 e. The summed E-state index contributed by atoms with van der Waals surface area (Å²) >= 11 is 0. The van der Waals surface area contributed by atoms with Crippen LogP contribution in [-0.4, -0.2) is 35.6 Å². The lowest BCUT2D eigenvalue weighted by atomic mass is 10.2. The number of carbonyl (C=O) groups is 1. The van der Waals surface area contributed by atoms with Crippen LogP contribution in [0.3, 0.4) is 0 Å². The molecule has 0 aliphatic heterocycles. The number of aryl methyl sites for hydroxylation is 1. The van der Waals surface area contributed by atoms with Gasteiger partial charge in [0.25, 0.3) is 0 Å². The predicted molar refractivity (Wildman–Crippen MR) is 93.6 cm³/mol. The van der Waals surface area contributed by atoms with E-state index in [4.69, 9.17) is 15.2 Å². The highest BCUT2D eigenvalue weighted by Crippen LogP contribution is 2.20. The van der Waals surface area contributed by atoms with Gasteiger partial charge in [0.1, 0.15) is 5.75 Å². The number of nitrogens with one attached hydrogen (secondary N) is 1. The number of methoxy groups -OCH3 is 1. The van der Waals surface area contributed by atoms with E-state index in [1.807, 2.05) is 6.92 Å². The molecule has 1 aromatic carbocycles. The topological polar surface area (TPSA) is 99.4 Å². The van der Waals surface area contributed by atoms with Crippen LogP contribution in [0.1, 0.15) is 12.1 Å². The van der Waals surface area contributed by atoms with Gasteiger partial charge in [-0.3, -0.25) is 4.79 Å². The van der Waals surface area contributed by atoms with E-state index < -0.39 is 0 Å². The number of rotatable bonds is 7. The summed E-state index contributed by atoms with van der Waals surface area (Å²) < 4.78 is 10.6. The van der Waals surface area contributed by atoms with Gasteiger partial charge in [-0.2, -0.15) is 0 Å². The molecule has 1 amide bonds. The molecule has 1 atom stereocenters. The highest BCUT2D eigenvalue weighted by molar-refractivity contribution is 5.91. The van der Waals surface area contributed by atoms with E-state index in [1.54, 1.807) is 36.5 Å². The van der Waals surface area contributed by atoms with Crippen LogP contribution in [0.15, 0.2) is 36.5 Å². The molecule has 0 fully saturated rings. The van der Waals surface area contributed by atoms with Crippen LogP contribution in [0.5, 0.6) is 11.8 Å². The average Bonchev–Trinajstić information content (AvgIpc) is 2.54. The summed E-state index contributed by atoms with van der Waals surface area (Å²) in [7, 11) is 1.53. The second-order valence-electron chi connectivity index (χ2n) is 4.95. The summed E-state index contributed by atoms with van der Waals surface area (Å²) in [4.78, 5) is 20.0. The molecule has 7 nitrogen and oxygen atoms in total. The Morgan fingerprint density at radius 1 is 1.29 bits per heavy atom. The van der Waals surface area contributed by atoms with Gasteiger partial charge in [0, 0.05) is 31.2 Å². The third-order valence-corrected chi connectivity index (χ3v) is 3.13. The van der Waals surface area contributed by atoms with E-state index in [2.05, 4.69) is 15.3 Å². The lowest BCUT2D eigenvalue weighted by molar-refractivity contribution is -0.118. The number of benzene rings is 1. The van der Waals surface area contributed by atoms with Gasteiger partial charge in [-0.15, -0.1) is 12.4 Å². The van der Waals surface area contributed by atoms with Crippen LogP contribution in [0.4, 0.5) is 5.69 Å². The number of anilines is 1. The number of ether oxygens (including phenoxy) is 2. The summed E-state index contributed by atoms with van der Waals surface area (Å²) in [5.74, 6) is 0.434. The minimum absolute atomic E-state index is 0. The molecule has 0 saturated carbocycles. The Morgan fingerprint density at radius 3 is 2.58 bits per heavy atom. The van der Waals surface area contributed by atoms with Gasteiger partial charge in [0.2, 0.25) is 5.91 Å². The Labute approximate surface area is 147 Å². The number of nitrogens with two attached hydrogens (primary N) is 1. The zero-order valence-electron chi connectivity index (χ0n) is 13.6. The molecule has 24 heavy (non-hydrogen) atoms. The van der Waals surface area contributed by atoms with Crippen molar-refractivity contribution in [1.29, 1.82) is 0 Å². The molecular formula is C16H21ClN4O3. The van der Waals surface area contributed by atoms with Crippen LogP contribution in [0, 0.1) is 6.92 Å². The van der Waals surface area contributed by atoms with Crippen LogP contribution in [0.25, 0.3) is 0 Å². The van der Waals surface area contributed by atoms with Crippen molar-refractivity contribution in [2.24, 2.45) is 5.73 Å². The van der Waals surface area contributed by atoms with Gasteiger partial charge in [-0.1, -0.05) is 0 Å². The van der Waals surface area contributed by atoms with Gasteiger partial charge in [0.05, 0.1) is 12.5 Å². The monoisotopic (exact) mass is 352 g/mol. The maximum Gasteiger partial charge on any atom is 0.322 e. The largest absolute Gasteiger partial charge is 0.424 e. The fourth-order valence-corrected chi connectivity index (χ4v) is 1.87. The van der Waals surface area contributed by atoms with Gasteiger partial charge in [-0.25, -0.2) is 9.97 Å². The number of halogens is 1. The number of aromatic nitrogens is 2. The predicted octanol–water partition coefficient (Wildman–Crippen LogP) is 2.30. The molecule has 130 valence electrons. The van der Waals surface area contributed by atoms with E-state index >= 15 is 0 Å². The molecule has 0 aliphatic rings. The fraction of sp³-hybridized carbons (Fsp3) is 0.312. The number of nitrogens with zero attached hydrogens (tertiary/aromatic N) is 2. The molecule has 0 bridgehead atoms. The van der Waals surface area contributed by atoms with Crippen molar-refractivity contribution in [2.45, 2.75) is 19.4 Å². The Hall–Kier alpha value is -2.22. The summed E-state index contributed by atoms with van der Waals surface area (Å²) in [5, 5.41) is 2.78. The van der Waals surface area contributed by atoms with Crippen molar-refractivity contribution < 1.29 is 14.3 Å². The normalized spacial score (nSPS) is 11.3. The molecule has 2 rings (SSSR count). The van der Waals surface area contributed by atoms with E-state index in [1.165, 1.54) is 7.11 Å². The Morgan fingerprint density at radius 2 is 2.00 bits per heavy atom. The van der Waals surface area contributed by atoms with Crippen molar-refractivity contribution >= 4 is 24.0 Å². The van der Waals surface area contributed by atoms with Crippen molar-refractivity contribution in [1.82, 2.24) is 9.97 Å². The first kappa shape index (κ1) is 19.8. The lowest BCUT2D eigenvalue weighted by Crippen LogP contribution is -2.28. The number of hydrogen-bond acceptors (Lipinski definition) is 6. The minimum Gasteiger partial charge on any atom is -0.424 e. The van der Waals surface area contributed by atoms with Crippen LogP contribution < -0.4 is 15.8 Å². The standard InChI is InChI=1S/C16H20N4O3.ClH/c1-11-7-8-18-16(19-11)23-13-5-3-12(4-6-13)20-15(21)9-14(10-17)22-2;/h3-8,14H,9-10,17H2,1-2H3,(H,20,21);1H. The molecule has 0 spiro atoms. The number of hydrogen-bond donors (Lipinski definition) is 2. The van der Waals surface area contributed by atoms with Crippen molar-refractivity contribution in [2.75, 3.05) is 19.0 Å². The zero-order chi connectivity index (χ0) is 16.7. The first-order valence-corrected chi connectivity index (χ1v) is 7.21. The van der Waals surface area contributed by atoms with Crippen molar-refractivity contribution in [3.05, 3.63) is 42.2 Å². The summed E-state index contributed by atoms with van der Waals surface area (Å²) in [6, 6.07) is 9.03. The highest BCUT2D eigenvalue weighted by Gasteiger charge is 2.11. The SMILES string of the molecule is COC(CN)CC(=O)Nc1ccc(Oc2nccc(C)n2)cc1.Cl. The first-order chi connectivity index (χ1) is 11.1. The molecule has 0 aliphatic carbocycles. The van der Waals surface area contributed by atoms with E-state index in [0.717, 1.165) is 5.69 Å². The number of carbonyl (C=O) groups excluding carboxylic acids is 1. The molecular weight excluding hydrogens is 332 g/mol. The zero-order valence-corrected chi connectivity index (χ0v) is 14.4. The molecule has 1 unspecified atom stereocenters. The molecule has 1 heterocycles. The summed E-state index contributed by atoms with van der Waals surface area (Å²) in [6.45, 7) is 2.16. The minimum atomic E-state index is -0.281. The Bertz CT molecular complexity index is 648. The lowest BCUT2D eigenvalue weighted by Gasteiger charge is -2.12. The Kier molecular flexibility index (Phi) is 8.11. The van der Waals surface area contributed by atoms with E-state index in [-0.39, 0.29) is 36.8 Å². The molecule has 0 saturated heterocycles. The average molecular weight is 353 g/mol. The van der Waals surface area contributed by atoms with Gasteiger partial charge in [-0.05, 0) is 37.3 Å². The molecule has 8 heteroatoms. The quantitative estimate of drug-likeness (QED) is 0.793. The fourth-order valence-electron chi connectivity index (χ4n) is 1.87. The second kappa shape index (κ2) is 9.82. The Balaban J connectivity index is 0.00000288. The van der Waals surface area contributed by atoms with E-state index in [0.29, 0.717) is 18.0 Å². The molecule has 3 N–H and O–H groups in total. The first-order valence-electron chi connectivity index (χ1n) is 7.21. The summed E-state index contributed by atoms with van der Waals surface area (Å²) in [5.41, 5.74) is 6.99. The van der Waals surface area contributed by atoms with Gasteiger partial charge >= 0.3 is 6.01 Å². The van der Waals surface area contributed by atoms with Gasteiger partial charge < -0.3 is 20.5 Å². The van der Waals surface area contributed by atoms with Crippen molar-refractivity contribution in [3.8, 4) is 11.8 Å². The molecule has 0 radical (unpaired) electrons. The maximum absolute atomic E-state index is 11.9. The third-order valence-electron chi connectivity index (χ3n) is 3.13. The highest BCUT2D eigenvalue weighted by atomic mass is 35.5. The second-order valence-corrected chi connectivity index (χ2v) is 4.95. The van der Waals surface area contributed by atoms with Crippen LogP contribution >= 0.6 is 12.4 Å². The van der Waals surface area contributed by atoms with E-state index in [9.17, 15) is 4.79 Å². The molecule has 1 aromatic heterocycles. The third kappa shape index (κ3) is 6.11. The van der Waals surface area contributed by atoms with Crippen LogP contribution in [0.2, 0.25) is 0 Å². The van der Waals surface area contributed by atoms with Crippen molar-refractivity contribution in [3.63, 3.8) is 0 Å². The summed E-state index contributed by atoms with van der Waals surface area (Å²) in [6.07, 6.45) is 1.56. The number of amides is 1. The van der Waals surface area contributed by atoms with Crippen LogP contribution in [-0.2, 0) is 9.53 Å². The van der Waals surface area contributed by atoms with Gasteiger partial charge in [0.15, 0.2) is 0 Å².